The number of nitrogens with zero attached hydrogens (tertiary/aromatic N) is 2. The normalized spacial score (nSPS) is 16.0. The number of ether oxygens (including phenoxy) is 1. The van der Waals surface area contributed by atoms with Crippen LogP contribution in [0.25, 0.3) is 0 Å². The lowest BCUT2D eigenvalue weighted by atomic mass is 10.2. The van der Waals surface area contributed by atoms with E-state index in [4.69, 9.17) is 5.73 Å². The number of hydrogen-bond acceptors (Lipinski definition) is 3. The monoisotopic (exact) mass is 461 g/mol. The lowest BCUT2D eigenvalue weighted by Crippen LogP contribution is -2.42. The zero-order chi connectivity index (χ0) is 16.0. The van der Waals surface area contributed by atoms with Gasteiger partial charge in [0.2, 0.25) is 0 Å². The second-order valence-corrected chi connectivity index (χ2v) is 6.05. The van der Waals surface area contributed by atoms with Gasteiger partial charge in [-0.15, -0.1) is 24.0 Å². The van der Waals surface area contributed by atoms with Gasteiger partial charge in [-0.25, -0.2) is 4.99 Å². The predicted octanol–water partition coefficient (Wildman–Crippen LogP) is 3.11. The fraction of sp³-hybridized carbons (Fsp3) is 0.500. The van der Waals surface area contributed by atoms with Gasteiger partial charge in [-0.3, -0.25) is 0 Å². The van der Waals surface area contributed by atoms with E-state index in [0.717, 1.165) is 30.2 Å². The molecule has 0 atom stereocenters. The zero-order valence-corrected chi connectivity index (χ0v) is 15.5. The summed E-state index contributed by atoms with van der Waals surface area (Å²) in [7, 11) is 0. The number of guanidine groups is 1. The van der Waals surface area contributed by atoms with Crippen LogP contribution in [0.4, 0.5) is 13.2 Å². The van der Waals surface area contributed by atoms with Crippen molar-refractivity contribution in [1.82, 2.24) is 4.90 Å². The Bertz CT molecular complexity index is 505. The second-order valence-electron chi connectivity index (χ2n) is 4.82. The van der Waals surface area contributed by atoms with Crippen molar-refractivity contribution < 1.29 is 17.9 Å². The standard InChI is InChI=1S/C14H18F3N3OS.HI/c15-14(16,17)10-21-12-3-1-11(2-4-12)9-19-13(18)20-5-7-22-8-6-20;/h1-4H,5-10H2,(H2,18,19);1H. The molecule has 4 nitrogen and oxygen atoms in total. The number of benzene rings is 1. The second kappa shape index (κ2) is 9.45. The first-order valence-corrected chi connectivity index (χ1v) is 8.00. The Kier molecular flexibility index (Phi) is 8.31. The van der Waals surface area contributed by atoms with Crippen LogP contribution in [0.2, 0.25) is 0 Å². The predicted molar refractivity (Wildman–Crippen MR) is 97.6 cm³/mol. The molecule has 2 N–H and O–H groups in total. The summed E-state index contributed by atoms with van der Waals surface area (Å²) in [6.07, 6.45) is -4.33. The van der Waals surface area contributed by atoms with Crippen molar-refractivity contribution >= 4 is 41.7 Å². The maximum Gasteiger partial charge on any atom is 0.422 e. The highest BCUT2D eigenvalue weighted by molar-refractivity contribution is 14.0. The molecule has 0 radical (unpaired) electrons. The summed E-state index contributed by atoms with van der Waals surface area (Å²) < 4.78 is 40.8. The van der Waals surface area contributed by atoms with Gasteiger partial charge in [-0.05, 0) is 17.7 Å². The summed E-state index contributed by atoms with van der Waals surface area (Å²) in [5.41, 5.74) is 6.81. The van der Waals surface area contributed by atoms with E-state index in [1.54, 1.807) is 12.1 Å². The van der Waals surface area contributed by atoms with Crippen LogP contribution in [-0.4, -0.2) is 48.2 Å². The van der Waals surface area contributed by atoms with E-state index >= 15 is 0 Å². The van der Waals surface area contributed by atoms with Crippen molar-refractivity contribution in [3.8, 4) is 5.75 Å². The summed E-state index contributed by atoms with van der Waals surface area (Å²) in [5.74, 6) is 2.78. The van der Waals surface area contributed by atoms with Gasteiger partial charge in [0.25, 0.3) is 0 Å². The Hall–Kier alpha value is -0.840. The molecule has 1 aliphatic heterocycles. The molecule has 0 saturated carbocycles. The van der Waals surface area contributed by atoms with Gasteiger partial charge in [0, 0.05) is 24.6 Å². The number of rotatable bonds is 4. The molecule has 0 unspecified atom stereocenters. The lowest BCUT2D eigenvalue weighted by molar-refractivity contribution is -0.153. The van der Waals surface area contributed by atoms with Crippen LogP contribution in [0.3, 0.4) is 0 Å². The van der Waals surface area contributed by atoms with Crippen LogP contribution in [0, 0.1) is 0 Å². The first-order chi connectivity index (χ1) is 10.4. The highest BCUT2D eigenvalue weighted by atomic mass is 127. The van der Waals surface area contributed by atoms with E-state index in [9.17, 15) is 13.2 Å². The van der Waals surface area contributed by atoms with Gasteiger partial charge in [0.15, 0.2) is 12.6 Å². The molecule has 1 heterocycles. The minimum Gasteiger partial charge on any atom is -0.484 e. The van der Waals surface area contributed by atoms with E-state index in [-0.39, 0.29) is 29.7 Å². The van der Waals surface area contributed by atoms with E-state index in [0.29, 0.717) is 12.5 Å². The highest BCUT2D eigenvalue weighted by Crippen LogP contribution is 2.19. The lowest BCUT2D eigenvalue weighted by Gasteiger charge is -2.27. The number of thioether (sulfide) groups is 1. The van der Waals surface area contributed by atoms with Gasteiger partial charge in [-0.1, -0.05) is 12.1 Å². The summed E-state index contributed by atoms with van der Waals surface area (Å²) in [4.78, 5) is 6.36. The van der Waals surface area contributed by atoms with Crippen molar-refractivity contribution in [3.05, 3.63) is 29.8 Å². The van der Waals surface area contributed by atoms with Crippen molar-refractivity contribution in [3.63, 3.8) is 0 Å². The minimum absolute atomic E-state index is 0. The number of nitrogens with two attached hydrogens (primary N) is 1. The maximum absolute atomic E-state index is 12.0. The Labute approximate surface area is 154 Å². The first-order valence-electron chi connectivity index (χ1n) is 6.85. The fourth-order valence-electron chi connectivity index (χ4n) is 1.92. The van der Waals surface area contributed by atoms with Gasteiger partial charge in [0.05, 0.1) is 6.54 Å². The SMILES string of the molecule is I.NC(=NCc1ccc(OCC(F)(F)F)cc1)N1CCSCC1. The Balaban J connectivity index is 0.00000264. The molecule has 0 spiro atoms. The molecule has 0 bridgehead atoms. The Morgan fingerprint density at radius 3 is 2.39 bits per heavy atom. The smallest absolute Gasteiger partial charge is 0.422 e. The van der Waals surface area contributed by atoms with E-state index in [2.05, 4.69) is 9.73 Å². The van der Waals surface area contributed by atoms with E-state index in [1.165, 1.54) is 12.1 Å². The summed E-state index contributed by atoms with van der Waals surface area (Å²) in [6, 6.07) is 6.39. The molecular weight excluding hydrogens is 442 g/mol. The maximum atomic E-state index is 12.0. The van der Waals surface area contributed by atoms with Gasteiger partial charge >= 0.3 is 6.18 Å². The van der Waals surface area contributed by atoms with Crippen molar-refractivity contribution in [2.24, 2.45) is 10.7 Å². The number of halogens is 4. The van der Waals surface area contributed by atoms with Gasteiger partial charge in [0.1, 0.15) is 5.75 Å². The van der Waals surface area contributed by atoms with Gasteiger partial charge < -0.3 is 15.4 Å². The third-order valence-corrected chi connectivity index (χ3v) is 4.03. The van der Waals surface area contributed by atoms with Crippen LogP contribution < -0.4 is 10.5 Å². The number of alkyl halides is 3. The van der Waals surface area contributed by atoms with E-state index in [1.807, 2.05) is 16.7 Å². The number of aliphatic imine (C=N–C) groups is 1. The van der Waals surface area contributed by atoms with Crippen LogP contribution in [-0.2, 0) is 6.54 Å². The average Bonchev–Trinajstić information content (AvgIpc) is 2.52. The molecule has 1 aromatic carbocycles. The molecule has 1 fully saturated rings. The topological polar surface area (TPSA) is 50.9 Å². The summed E-state index contributed by atoms with van der Waals surface area (Å²) >= 11 is 1.89. The third-order valence-electron chi connectivity index (χ3n) is 3.08. The Morgan fingerprint density at radius 2 is 1.83 bits per heavy atom. The zero-order valence-electron chi connectivity index (χ0n) is 12.4. The molecule has 130 valence electrons. The molecule has 0 aromatic heterocycles. The molecule has 2 rings (SSSR count). The van der Waals surface area contributed by atoms with Crippen LogP contribution in [0.1, 0.15) is 5.56 Å². The molecule has 1 aromatic rings. The van der Waals surface area contributed by atoms with Crippen molar-refractivity contribution in [1.29, 1.82) is 0 Å². The van der Waals surface area contributed by atoms with Crippen LogP contribution >= 0.6 is 35.7 Å². The third kappa shape index (κ3) is 7.51. The molecule has 1 aliphatic rings. The minimum atomic E-state index is -4.33. The van der Waals surface area contributed by atoms with Crippen LogP contribution in [0.5, 0.6) is 5.75 Å². The molecule has 0 amide bonds. The number of hydrogen-bond donors (Lipinski definition) is 1. The van der Waals surface area contributed by atoms with E-state index < -0.39 is 12.8 Å². The molecule has 23 heavy (non-hydrogen) atoms. The average molecular weight is 461 g/mol. The van der Waals surface area contributed by atoms with Crippen LogP contribution in [0.15, 0.2) is 29.3 Å². The molecule has 0 aliphatic carbocycles. The summed E-state index contributed by atoms with van der Waals surface area (Å²) in [6.45, 7) is 0.897. The molecular formula is C14H19F3IN3OS. The first kappa shape index (κ1) is 20.2. The molecule has 9 heteroatoms. The largest absolute Gasteiger partial charge is 0.484 e. The summed E-state index contributed by atoms with van der Waals surface area (Å²) in [5, 5.41) is 0. The van der Waals surface area contributed by atoms with Gasteiger partial charge in [-0.2, -0.15) is 24.9 Å². The molecule has 1 saturated heterocycles. The van der Waals surface area contributed by atoms with Crippen molar-refractivity contribution in [2.45, 2.75) is 12.7 Å². The van der Waals surface area contributed by atoms with Crippen molar-refractivity contribution in [2.75, 3.05) is 31.2 Å². The Morgan fingerprint density at radius 1 is 1.22 bits per heavy atom. The quantitative estimate of drug-likeness (QED) is 0.426. The highest BCUT2D eigenvalue weighted by Gasteiger charge is 2.28. The fourth-order valence-corrected chi connectivity index (χ4v) is 2.82.